The van der Waals surface area contributed by atoms with Crippen LogP contribution in [0.15, 0.2) is 121 Å². The van der Waals surface area contributed by atoms with Gasteiger partial charge in [0.15, 0.2) is 11.1 Å². The molecule has 40 heavy (non-hydrogen) atoms. The first-order valence-electron chi connectivity index (χ1n) is 12.5. The Labute approximate surface area is 232 Å². The number of hydrogen-bond donors (Lipinski definition) is 4. The monoisotopic (exact) mass is 538 g/mol. The molecule has 4 aromatic carbocycles. The number of benzene rings is 4. The van der Waals surface area contributed by atoms with Gasteiger partial charge >= 0.3 is 18.0 Å². The summed E-state index contributed by atoms with van der Waals surface area (Å²) in [5.41, 5.74) is 9.88. The van der Waals surface area contributed by atoms with Crippen LogP contribution in [0.4, 0.5) is 4.79 Å². The predicted molar refractivity (Wildman–Crippen MR) is 149 cm³/mol. The maximum Gasteiger partial charge on any atom is 0.343 e. The molecule has 0 aromatic heterocycles. The minimum atomic E-state index is -1.58. The van der Waals surface area contributed by atoms with Crippen molar-refractivity contribution < 1.29 is 23.9 Å². The molecule has 0 aliphatic carbocycles. The van der Waals surface area contributed by atoms with E-state index in [1.807, 2.05) is 24.3 Å². The first-order chi connectivity index (χ1) is 19.5. The van der Waals surface area contributed by atoms with Crippen molar-refractivity contribution in [3.05, 3.63) is 144 Å². The molecular weight excluding hydrogens is 508 g/mol. The maximum absolute atomic E-state index is 13.3. The van der Waals surface area contributed by atoms with E-state index in [1.165, 1.54) is 14.2 Å². The summed E-state index contributed by atoms with van der Waals surface area (Å²) >= 11 is 0. The van der Waals surface area contributed by atoms with Crippen molar-refractivity contribution in [1.82, 2.24) is 21.7 Å². The second-order valence-electron chi connectivity index (χ2n) is 8.78. The van der Waals surface area contributed by atoms with Crippen LogP contribution in [-0.4, -0.2) is 32.2 Å². The van der Waals surface area contributed by atoms with Crippen LogP contribution in [0.5, 0.6) is 0 Å². The van der Waals surface area contributed by atoms with Gasteiger partial charge in [0.05, 0.1) is 14.2 Å². The number of carbonyl (C=O) groups is 3. The molecule has 0 radical (unpaired) electrons. The fraction of sp³-hybridized carbons (Fsp3) is 0.129. The highest BCUT2D eigenvalue weighted by atomic mass is 16.5. The van der Waals surface area contributed by atoms with Crippen LogP contribution in [0.1, 0.15) is 22.3 Å². The van der Waals surface area contributed by atoms with E-state index in [-0.39, 0.29) is 0 Å². The van der Waals surface area contributed by atoms with Gasteiger partial charge in [-0.15, -0.1) is 0 Å². The minimum Gasteiger partial charge on any atom is -0.467 e. The number of nitrogens with one attached hydrogen (secondary N) is 4. The Hall–Kier alpha value is -4.99. The number of amides is 2. The van der Waals surface area contributed by atoms with Crippen LogP contribution in [0.3, 0.4) is 0 Å². The van der Waals surface area contributed by atoms with Gasteiger partial charge in [-0.1, -0.05) is 121 Å². The van der Waals surface area contributed by atoms with E-state index in [1.54, 1.807) is 97.1 Å². The summed E-state index contributed by atoms with van der Waals surface area (Å²) in [5.74, 6) is -1.29. The number of ether oxygens (including phenoxy) is 2. The second-order valence-corrected chi connectivity index (χ2v) is 8.78. The molecule has 4 rings (SSSR count). The quantitative estimate of drug-likeness (QED) is 0.180. The lowest BCUT2D eigenvalue weighted by molar-refractivity contribution is -0.148. The van der Waals surface area contributed by atoms with Gasteiger partial charge < -0.3 is 9.47 Å². The van der Waals surface area contributed by atoms with Crippen LogP contribution in [0, 0.1) is 0 Å². The Bertz CT molecular complexity index is 1230. The van der Waals surface area contributed by atoms with Gasteiger partial charge in [0, 0.05) is 0 Å². The Morgan fingerprint density at radius 2 is 0.725 bits per heavy atom. The fourth-order valence-corrected chi connectivity index (χ4v) is 4.59. The number of esters is 2. The number of methoxy groups -OCH3 is 2. The van der Waals surface area contributed by atoms with E-state index < -0.39 is 29.0 Å². The third-order valence-corrected chi connectivity index (χ3v) is 6.54. The van der Waals surface area contributed by atoms with Crippen LogP contribution in [0.2, 0.25) is 0 Å². The molecular formula is C31H30N4O5. The largest absolute Gasteiger partial charge is 0.467 e. The van der Waals surface area contributed by atoms with Crippen LogP contribution in [0.25, 0.3) is 0 Å². The Morgan fingerprint density at radius 3 is 0.950 bits per heavy atom. The summed E-state index contributed by atoms with van der Waals surface area (Å²) in [5, 5.41) is 0. The molecule has 0 aliphatic heterocycles. The van der Waals surface area contributed by atoms with Crippen molar-refractivity contribution in [2.75, 3.05) is 14.2 Å². The highest BCUT2D eigenvalue weighted by molar-refractivity contribution is 5.89. The van der Waals surface area contributed by atoms with Gasteiger partial charge in [-0.3, -0.25) is 10.9 Å². The molecule has 204 valence electrons. The van der Waals surface area contributed by atoms with E-state index in [0.717, 1.165) is 0 Å². The SMILES string of the molecule is COC(=O)C(NNC(=O)NNC(C(=O)OC)(c1ccccc1)c1ccccc1)(c1ccccc1)c1ccccc1. The van der Waals surface area contributed by atoms with Gasteiger partial charge in [-0.2, -0.15) is 0 Å². The molecule has 0 spiro atoms. The Morgan fingerprint density at radius 1 is 0.475 bits per heavy atom. The minimum absolute atomic E-state index is 0.541. The molecule has 0 saturated carbocycles. The smallest absolute Gasteiger partial charge is 0.343 e. The molecule has 0 saturated heterocycles. The van der Waals surface area contributed by atoms with E-state index in [2.05, 4.69) is 21.7 Å². The van der Waals surface area contributed by atoms with Gasteiger partial charge in [-0.05, 0) is 22.3 Å². The molecule has 0 fully saturated rings. The van der Waals surface area contributed by atoms with Crippen molar-refractivity contribution in [3.8, 4) is 0 Å². The van der Waals surface area contributed by atoms with Gasteiger partial charge in [0.1, 0.15) is 0 Å². The average Bonchev–Trinajstić information content (AvgIpc) is 3.03. The summed E-state index contributed by atoms with van der Waals surface area (Å²) in [6, 6.07) is 34.8. The topological polar surface area (TPSA) is 118 Å². The molecule has 4 N–H and O–H groups in total. The molecule has 4 aromatic rings. The maximum atomic E-state index is 13.3. The zero-order valence-corrected chi connectivity index (χ0v) is 22.1. The molecule has 0 aliphatic rings. The lowest BCUT2D eigenvalue weighted by Gasteiger charge is -2.35. The van der Waals surface area contributed by atoms with E-state index in [9.17, 15) is 14.4 Å². The highest BCUT2D eigenvalue weighted by Crippen LogP contribution is 2.32. The number of hydrogen-bond acceptors (Lipinski definition) is 7. The normalized spacial score (nSPS) is 11.2. The number of carbonyl (C=O) groups excluding carboxylic acids is 3. The van der Waals surface area contributed by atoms with Gasteiger partial charge in [-0.25, -0.2) is 25.2 Å². The van der Waals surface area contributed by atoms with E-state index in [4.69, 9.17) is 9.47 Å². The first kappa shape index (κ1) is 28.0. The lowest BCUT2D eigenvalue weighted by atomic mass is 9.83. The molecule has 0 atom stereocenters. The van der Waals surface area contributed by atoms with Crippen molar-refractivity contribution in [2.24, 2.45) is 0 Å². The molecule has 9 heteroatoms. The third kappa shape index (κ3) is 5.42. The zero-order chi connectivity index (χ0) is 28.4. The standard InChI is InChI=1S/C31H30N4O5/c1-39-27(36)30(23-15-7-3-8-16-23,24-17-9-4-10-18-24)34-32-29(38)33-35-31(28(37)40-2,25-19-11-5-12-20-25)26-21-13-6-14-22-26/h3-22,34-35H,1-2H3,(H2,32,33,38). The van der Waals surface area contributed by atoms with Crippen molar-refractivity contribution in [1.29, 1.82) is 0 Å². The van der Waals surface area contributed by atoms with Crippen LogP contribution in [-0.2, 0) is 30.1 Å². The van der Waals surface area contributed by atoms with Crippen LogP contribution < -0.4 is 21.7 Å². The first-order valence-corrected chi connectivity index (χ1v) is 12.5. The van der Waals surface area contributed by atoms with Crippen molar-refractivity contribution in [3.63, 3.8) is 0 Å². The van der Waals surface area contributed by atoms with Gasteiger partial charge in [0.25, 0.3) is 0 Å². The summed E-state index contributed by atoms with van der Waals surface area (Å²) < 4.78 is 10.4. The number of hydrazine groups is 2. The van der Waals surface area contributed by atoms with Crippen molar-refractivity contribution >= 4 is 18.0 Å². The van der Waals surface area contributed by atoms with E-state index in [0.29, 0.717) is 22.3 Å². The zero-order valence-electron chi connectivity index (χ0n) is 22.1. The summed E-state index contributed by atoms with van der Waals surface area (Å²) in [6.07, 6.45) is 0. The molecule has 2 amide bonds. The number of urea groups is 1. The fourth-order valence-electron chi connectivity index (χ4n) is 4.59. The molecule has 0 unspecified atom stereocenters. The van der Waals surface area contributed by atoms with Gasteiger partial charge in [0.2, 0.25) is 0 Å². The molecule has 9 nitrogen and oxygen atoms in total. The molecule has 0 bridgehead atoms. The van der Waals surface area contributed by atoms with Crippen LogP contribution >= 0.6 is 0 Å². The third-order valence-electron chi connectivity index (χ3n) is 6.54. The second kappa shape index (κ2) is 12.7. The van der Waals surface area contributed by atoms with E-state index >= 15 is 0 Å². The Balaban J connectivity index is 1.66. The highest BCUT2D eigenvalue weighted by Gasteiger charge is 2.45. The number of rotatable bonds is 10. The summed E-state index contributed by atoms with van der Waals surface area (Å²) in [6.45, 7) is 0. The lowest BCUT2D eigenvalue weighted by Crippen LogP contribution is -2.64. The molecule has 0 heterocycles. The Kier molecular flexibility index (Phi) is 8.90. The average molecular weight is 539 g/mol. The summed E-state index contributed by atoms with van der Waals surface area (Å²) in [4.78, 5) is 39.9. The predicted octanol–water partition coefficient (Wildman–Crippen LogP) is 3.53. The summed E-state index contributed by atoms with van der Waals surface area (Å²) in [7, 11) is 2.55. The van der Waals surface area contributed by atoms with Crippen molar-refractivity contribution in [2.45, 2.75) is 11.1 Å².